The third kappa shape index (κ3) is 4.96. The van der Waals surface area contributed by atoms with Gasteiger partial charge in [0.15, 0.2) is 5.65 Å². The molecule has 0 aliphatic rings. The molecule has 5 aromatic heterocycles. The molecule has 0 aliphatic heterocycles. The molecule has 0 fully saturated rings. The lowest BCUT2D eigenvalue weighted by atomic mass is 10.0. The number of likely N-dealkylation sites (N-methyl/N-ethyl adjacent to an activating group) is 1. The van der Waals surface area contributed by atoms with E-state index in [1.54, 1.807) is 12.4 Å². The molecule has 9 nitrogen and oxygen atoms in total. The molecule has 5 heterocycles. The van der Waals surface area contributed by atoms with Gasteiger partial charge in [-0.15, -0.1) is 0 Å². The first-order chi connectivity index (χ1) is 19.4. The van der Waals surface area contributed by atoms with Crippen molar-refractivity contribution >= 4 is 33.3 Å². The molecule has 0 atom stereocenters. The molecule has 0 spiro atoms. The number of nitrogens with one attached hydrogen (secondary N) is 3. The normalized spacial score (nSPS) is 11.6. The van der Waals surface area contributed by atoms with E-state index in [1.807, 2.05) is 63.8 Å². The van der Waals surface area contributed by atoms with E-state index in [0.29, 0.717) is 12.2 Å². The van der Waals surface area contributed by atoms with Crippen LogP contribution in [-0.4, -0.2) is 76.3 Å². The Labute approximate surface area is 231 Å². The Bertz CT molecular complexity index is 1820. The molecule has 10 heteroatoms. The molecular weight excluding hydrogens is 505 g/mol. The molecule has 0 unspecified atom stereocenters. The average Bonchev–Trinajstić information content (AvgIpc) is 3.56. The van der Waals surface area contributed by atoms with Crippen molar-refractivity contribution < 1.29 is 4.39 Å². The van der Waals surface area contributed by atoms with Crippen LogP contribution in [0.15, 0.2) is 67.4 Å². The monoisotopic (exact) mass is 535 g/mol. The predicted octanol–water partition coefficient (Wildman–Crippen LogP) is 5.41. The summed E-state index contributed by atoms with van der Waals surface area (Å²) in [4.78, 5) is 21.0. The summed E-state index contributed by atoms with van der Waals surface area (Å²) in [6.07, 6.45) is 9.02. The van der Waals surface area contributed by atoms with Crippen molar-refractivity contribution in [2.45, 2.75) is 0 Å². The Kier molecular flexibility index (Phi) is 6.61. The topological polar surface area (TPSA) is 102 Å². The number of aromatic nitrogens is 6. The van der Waals surface area contributed by atoms with E-state index < -0.39 is 0 Å². The quantitative estimate of drug-likeness (QED) is 0.240. The summed E-state index contributed by atoms with van der Waals surface area (Å²) in [7, 11) is 7.99. The van der Waals surface area contributed by atoms with Gasteiger partial charge in [0.25, 0.3) is 0 Å². The Hall–Kier alpha value is -4.83. The molecule has 0 saturated heterocycles. The van der Waals surface area contributed by atoms with Crippen molar-refractivity contribution in [3.63, 3.8) is 0 Å². The molecule has 0 amide bonds. The average molecular weight is 536 g/mol. The Morgan fingerprint density at radius 1 is 0.825 bits per heavy atom. The van der Waals surface area contributed by atoms with Gasteiger partial charge in [0.1, 0.15) is 5.82 Å². The van der Waals surface area contributed by atoms with Gasteiger partial charge in [-0.25, -0.2) is 9.37 Å². The van der Waals surface area contributed by atoms with Crippen LogP contribution >= 0.6 is 0 Å². The summed E-state index contributed by atoms with van der Waals surface area (Å²) in [6.45, 7) is 1.56. The maximum Gasteiger partial charge on any atom is 0.181 e. The second-order valence-corrected chi connectivity index (χ2v) is 10.3. The lowest BCUT2D eigenvalue weighted by Crippen LogP contribution is -2.20. The van der Waals surface area contributed by atoms with Crippen molar-refractivity contribution in [2.75, 3.05) is 51.5 Å². The highest BCUT2D eigenvalue weighted by molar-refractivity contribution is 6.01. The lowest BCUT2D eigenvalue weighted by molar-refractivity contribution is 0.425. The van der Waals surface area contributed by atoms with Crippen molar-refractivity contribution in [1.82, 2.24) is 35.0 Å². The number of benzene rings is 1. The minimum Gasteiger partial charge on any atom is -0.384 e. The first kappa shape index (κ1) is 25.4. The molecule has 6 aromatic rings. The van der Waals surface area contributed by atoms with Gasteiger partial charge in [-0.3, -0.25) is 15.1 Å². The number of hydrogen-bond donors (Lipinski definition) is 3. The van der Waals surface area contributed by atoms with Gasteiger partial charge in [-0.2, -0.15) is 5.10 Å². The predicted molar refractivity (Wildman–Crippen MR) is 159 cm³/mol. The molecule has 0 saturated carbocycles. The van der Waals surface area contributed by atoms with Gasteiger partial charge in [-0.1, -0.05) is 0 Å². The number of halogens is 1. The molecule has 40 heavy (non-hydrogen) atoms. The summed E-state index contributed by atoms with van der Waals surface area (Å²) in [5.74, 6) is -0.302. The van der Waals surface area contributed by atoms with Crippen molar-refractivity contribution in [3.8, 4) is 33.6 Å². The van der Waals surface area contributed by atoms with Crippen LogP contribution in [-0.2, 0) is 0 Å². The van der Waals surface area contributed by atoms with Gasteiger partial charge < -0.3 is 20.1 Å². The van der Waals surface area contributed by atoms with Crippen LogP contribution in [0.1, 0.15) is 0 Å². The zero-order valence-electron chi connectivity index (χ0n) is 22.8. The largest absolute Gasteiger partial charge is 0.384 e. The number of H-pyrrole nitrogens is 2. The second kappa shape index (κ2) is 10.4. The van der Waals surface area contributed by atoms with Crippen LogP contribution < -0.4 is 10.2 Å². The number of hydrogen-bond acceptors (Lipinski definition) is 7. The van der Waals surface area contributed by atoms with Crippen molar-refractivity contribution in [3.05, 3.63) is 73.2 Å². The Balaban J connectivity index is 1.39. The highest BCUT2D eigenvalue weighted by Crippen LogP contribution is 2.35. The summed E-state index contributed by atoms with van der Waals surface area (Å²) in [5.41, 5.74) is 8.35. The number of fused-ring (bicyclic) bond motifs is 2. The molecule has 3 N–H and O–H groups in total. The lowest BCUT2D eigenvalue weighted by Gasteiger charge is -2.13. The number of rotatable bonds is 8. The standard InChI is InChI=1S/C30H30FN9/c1-39(2)6-5-34-22-8-18(7-21(31)11-22)26-16-33-17-28-24(26)12-27(36-28)29-25-10-20(14-35-30(25)38-37-29)19-9-23(40(3)4)15-32-13-19/h7-17,34,36H,5-6H2,1-4H3,(H,35,37,38). The van der Waals surface area contributed by atoms with Gasteiger partial charge in [0, 0.05) is 78.9 Å². The summed E-state index contributed by atoms with van der Waals surface area (Å²) in [6, 6.07) is 11.2. The molecule has 0 bridgehead atoms. The minimum atomic E-state index is -0.302. The number of nitrogens with zero attached hydrogens (tertiary/aromatic N) is 6. The number of pyridine rings is 3. The van der Waals surface area contributed by atoms with Crippen molar-refractivity contribution in [1.29, 1.82) is 0 Å². The van der Waals surface area contributed by atoms with Gasteiger partial charge in [0.2, 0.25) is 0 Å². The van der Waals surface area contributed by atoms with Gasteiger partial charge in [0.05, 0.1) is 35.0 Å². The van der Waals surface area contributed by atoms with Crippen LogP contribution in [0.3, 0.4) is 0 Å². The highest BCUT2D eigenvalue weighted by Gasteiger charge is 2.16. The zero-order chi connectivity index (χ0) is 27.8. The smallest absolute Gasteiger partial charge is 0.181 e. The molecule has 0 radical (unpaired) electrons. The first-order valence-electron chi connectivity index (χ1n) is 13.0. The van der Waals surface area contributed by atoms with E-state index in [2.05, 4.69) is 52.5 Å². The summed E-state index contributed by atoms with van der Waals surface area (Å²) < 4.78 is 14.6. The van der Waals surface area contributed by atoms with Crippen LogP contribution in [0, 0.1) is 5.82 Å². The highest BCUT2D eigenvalue weighted by atomic mass is 19.1. The molecule has 202 valence electrons. The third-order valence-electron chi connectivity index (χ3n) is 6.90. The Morgan fingerprint density at radius 2 is 1.65 bits per heavy atom. The van der Waals surface area contributed by atoms with E-state index in [1.165, 1.54) is 12.1 Å². The molecule has 0 aliphatic carbocycles. The Morgan fingerprint density at radius 3 is 2.48 bits per heavy atom. The van der Waals surface area contributed by atoms with Crippen LogP contribution in [0.4, 0.5) is 15.8 Å². The maximum atomic E-state index is 14.6. The van der Waals surface area contributed by atoms with E-state index in [9.17, 15) is 4.39 Å². The fourth-order valence-corrected chi connectivity index (χ4v) is 4.78. The maximum absolute atomic E-state index is 14.6. The van der Waals surface area contributed by atoms with Crippen LogP contribution in [0.5, 0.6) is 0 Å². The molecular formula is C30H30FN9. The summed E-state index contributed by atoms with van der Waals surface area (Å²) >= 11 is 0. The number of anilines is 2. The molecule has 6 rings (SSSR count). The van der Waals surface area contributed by atoms with Gasteiger partial charge in [-0.05, 0) is 56.1 Å². The second-order valence-electron chi connectivity index (χ2n) is 10.3. The summed E-state index contributed by atoms with van der Waals surface area (Å²) in [5, 5.41) is 12.7. The number of aromatic amines is 2. The zero-order valence-corrected chi connectivity index (χ0v) is 22.8. The van der Waals surface area contributed by atoms with Crippen LogP contribution in [0.25, 0.3) is 55.6 Å². The van der Waals surface area contributed by atoms with E-state index in [4.69, 9.17) is 0 Å². The van der Waals surface area contributed by atoms with Gasteiger partial charge >= 0.3 is 0 Å². The third-order valence-corrected chi connectivity index (χ3v) is 6.90. The first-order valence-corrected chi connectivity index (χ1v) is 13.0. The van der Waals surface area contributed by atoms with E-state index >= 15 is 0 Å². The van der Waals surface area contributed by atoms with E-state index in [-0.39, 0.29) is 5.82 Å². The van der Waals surface area contributed by atoms with E-state index in [0.717, 1.165) is 67.9 Å². The molecule has 1 aromatic carbocycles. The minimum absolute atomic E-state index is 0.302. The van der Waals surface area contributed by atoms with Crippen molar-refractivity contribution in [2.24, 2.45) is 0 Å². The fraction of sp³-hybridized carbons (Fsp3) is 0.200. The SMILES string of the molecule is CN(C)CCNc1cc(F)cc(-c2cncc3[nH]c(-c4[nH]nc5ncc(-c6cncc(N(C)C)c6)cc45)cc23)c1. The van der Waals surface area contributed by atoms with Crippen LogP contribution in [0.2, 0.25) is 0 Å². The fourth-order valence-electron chi connectivity index (χ4n) is 4.78.